The van der Waals surface area contributed by atoms with Crippen molar-refractivity contribution in [3.63, 3.8) is 0 Å². The molecule has 0 spiro atoms. The Morgan fingerprint density at radius 2 is 1.67 bits per heavy atom. The number of benzene rings is 2. The number of fused-ring (bicyclic) bond motifs is 3. The predicted molar refractivity (Wildman–Crippen MR) is 94.2 cm³/mol. The molecule has 1 fully saturated rings. The second-order valence-electron chi connectivity index (χ2n) is 7.24. The fourth-order valence-electron chi connectivity index (χ4n) is 3.05. The van der Waals surface area contributed by atoms with Crippen LogP contribution < -0.4 is 5.46 Å². The van der Waals surface area contributed by atoms with Gasteiger partial charge in [-0.1, -0.05) is 18.2 Å². The Morgan fingerprint density at radius 3 is 2.33 bits per heavy atom. The van der Waals surface area contributed by atoms with Crippen LogP contribution in [0.15, 0.2) is 40.8 Å². The van der Waals surface area contributed by atoms with Crippen LogP contribution in [0.25, 0.3) is 21.9 Å². The molecule has 5 heteroatoms. The fraction of sp³-hybridized carbons (Fsp3) is 0.316. The molecule has 0 unspecified atom stereocenters. The largest absolute Gasteiger partial charge is 0.498 e. The molecule has 0 aliphatic carbocycles. The van der Waals surface area contributed by atoms with E-state index in [-0.39, 0.29) is 0 Å². The Morgan fingerprint density at radius 1 is 0.958 bits per heavy atom. The highest BCUT2D eigenvalue weighted by molar-refractivity contribution is 6.65. The SMILES string of the molecule is CC1(C)OB(c2cccc3c2oc2cc(C#N)ccc23)OC1(C)C. The summed E-state index contributed by atoms with van der Waals surface area (Å²) >= 11 is 0. The molecule has 0 amide bonds. The first-order valence-corrected chi connectivity index (χ1v) is 8.03. The van der Waals surface area contributed by atoms with Gasteiger partial charge in [0.25, 0.3) is 0 Å². The van der Waals surface area contributed by atoms with Gasteiger partial charge >= 0.3 is 7.12 Å². The molecular weight excluding hydrogens is 301 g/mol. The van der Waals surface area contributed by atoms with E-state index in [9.17, 15) is 0 Å². The fourth-order valence-corrected chi connectivity index (χ4v) is 3.05. The molecule has 2 heterocycles. The first kappa shape index (κ1) is 15.3. The maximum absolute atomic E-state index is 9.08. The van der Waals surface area contributed by atoms with Gasteiger partial charge in [0.2, 0.25) is 0 Å². The zero-order valence-electron chi connectivity index (χ0n) is 14.2. The second-order valence-corrected chi connectivity index (χ2v) is 7.24. The first-order valence-electron chi connectivity index (χ1n) is 8.03. The summed E-state index contributed by atoms with van der Waals surface area (Å²) in [5.74, 6) is 0. The average molecular weight is 319 g/mol. The molecule has 0 radical (unpaired) electrons. The number of nitrogens with zero attached hydrogens (tertiary/aromatic N) is 1. The summed E-state index contributed by atoms with van der Waals surface area (Å²) in [6.45, 7) is 8.13. The second kappa shape index (κ2) is 4.86. The molecule has 3 aromatic rings. The summed E-state index contributed by atoms with van der Waals surface area (Å²) in [5.41, 5.74) is 2.10. The third kappa shape index (κ3) is 2.07. The molecule has 120 valence electrons. The molecule has 0 saturated carbocycles. The van der Waals surface area contributed by atoms with Gasteiger partial charge in [-0.15, -0.1) is 0 Å². The maximum atomic E-state index is 9.08. The molecular formula is C19H18BNO3. The highest BCUT2D eigenvalue weighted by atomic mass is 16.7. The minimum absolute atomic E-state index is 0.403. The molecule has 4 nitrogen and oxygen atoms in total. The molecule has 1 aromatic heterocycles. The van der Waals surface area contributed by atoms with Gasteiger partial charge in [0.15, 0.2) is 0 Å². The predicted octanol–water partition coefficient (Wildman–Crippen LogP) is 3.76. The van der Waals surface area contributed by atoms with Gasteiger partial charge in [-0.2, -0.15) is 5.26 Å². The third-order valence-electron chi connectivity index (χ3n) is 5.17. The molecule has 24 heavy (non-hydrogen) atoms. The van der Waals surface area contributed by atoms with Crippen molar-refractivity contribution >= 4 is 34.5 Å². The van der Waals surface area contributed by atoms with Crippen LogP contribution >= 0.6 is 0 Å². The topological polar surface area (TPSA) is 55.4 Å². The molecule has 1 aliphatic heterocycles. The van der Waals surface area contributed by atoms with E-state index in [2.05, 4.69) is 6.07 Å². The summed E-state index contributed by atoms with van der Waals surface area (Å²) in [6.07, 6.45) is 0. The van der Waals surface area contributed by atoms with E-state index in [1.54, 1.807) is 12.1 Å². The number of furan rings is 1. The van der Waals surface area contributed by atoms with Crippen LogP contribution in [0.4, 0.5) is 0 Å². The van der Waals surface area contributed by atoms with Crippen molar-refractivity contribution in [1.29, 1.82) is 5.26 Å². The number of rotatable bonds is 1. The van der Waals surface area contributed by atoms with Crippen LogP contribution in [0.1, 0.15) is 33.3 Å². The third-order valence-corrected chi connectivity index (χ3v) is 5.17. The lowest BCUT2D eigenvalue weighted by molar-refractivity contribution is 0.00578. The minimum Gasteiger partial charge on any atom is -0.456 e. The standard InChI is InChI=1S/C19H18BNO3/c1-18(2)19(3,4)24-20(23-18)15-7-5-6-14-13-9-8-12(11-21)10-16(13)22-17(14)15/h5-10H,1-4H3. The highest BCUT2D eigenvalue weighted by Gasteiger charge is 2.52. The van der Waals surface area contributed by atoms with Crippen molar-refractivity contribution in [3.05, 3.63) is 42.0 Å². The monoisotopic (exact) mass is 319 g/mol. The Hall–Kier alpha value is -2.29. The van der Waals surface area contributed by atoms with Crippen LogP contribution in [0.5, 0.6) is 0 Å². The maximum Gasteiger partial charge on any atom is 0.498 e. The van der Waals surface area contributed by atoms with Crippen LogP contribution in [-0.4, -0.2) is 18.3 Å². The molecule has 1 saturated heterocycles. The lowest BCUT2D eigenvalue weighted by Gasteiger charge is -2.32. The van der Waals surface area contributed by atoms with Crippen LogP contribution in [0.3, 0.4) is 0 Å². The van der Waals surface area contributed by atoms with Crippen molar-refractivity contribution in [1.82, 2.24) is 0 Å². The Labute approximate surface area is 141 Å². The average Bonchev–Trinajstić information content (AvgIpc) is 3.00. The van der Waals surface area contributed by atoms with Crippen molar-refractivity contribution < 1.29 is 13.7 Å². The summed E-state index contributed by atoms with van der Waals surface area (Å²) in [6, 6.07) is 13.6. The van der Waals surface area contributed by atoms with Gasteiger partial charge in [0, 0.05) is 16.2 Å². The van der Waals surface area contributed by atoms with Gasteiger partial charge in [0.05, 0.1) is 22.8 Å². The molecule has 1 aliphatic rings. The van der Waals surface area contributed by atoms with E-state index in [0.717, 1.165) is 21.8 Å². The van der Waals surface area contributed by atoms with Gasteiger partial charge in [-0.05, 0) is 45.9 Å². The highest BCUT2D eigenvalue weighted by Crippen LogP contribution is 2.37. The molecule has 0 atom stereocenters. The molecule has 2 aromatic carbocycles. The summed E-state index contributed by atoms with van der Waals surface area (Å²) < 4.78 is 18.4. The molecule has 0 bridgehead atoms. The van der Waals surface area contributed by atoms with Crippen molar-refractivity contribution in [2.24, 2.45) is 0 Å². The number of nitriles is 1. The van der Waals surface area contributed by atoms with Gasteiger partial charge in [-0.3, -0.25) is 0 Å². The van der Waals surface area contributed by atoms with Crippen molar-refractivity contribution in [2.45, 2.75) is 38.9 Å². The lowest BCUT2D eigenvalue weighted by atomic mass is 9.78. The smallest absolute Gasteiger partial charge is 0.456 e. The quantitative estimate of drug-likeness (QED) is 0.641. The van der Waals surface area contributed by atoms with Crippen molar-refractivity contribution in [3.8, 4) is 6.07 Å². The zero-order chi connectivity index (χ0) is 17.1. The van der Waals surface area contributed by atoms with Crippen LogP contribution in [-0.2, 0) is 9.31 Å². The van der Waals surface area contributed by atoms with Gasteiger partial charge in [0.1, 0.15) is 11.2 Å². The number of para-hydroxylation sites is 1. The number of hydrogen-bond acceptors (Lipinski definition) is 4. The van der Waals surface area contributed by atoms with E-state index < -0.39 is 18.3 Å². The number of hydrogen-bond donors (Lipinski definition) is 0. The van der Waals surface area contributed by atoms with Gasteiger partial charge in [-0.25, -0.2) is 0 Å². The summed E-state index contributed by atoms with van der Waals surface area (Å²) in [5, 5.41) is 11.1. The summed E-state index contributed by atoms with van der Waals surface area (Å²) in [4.78, 5) is 0. The van der Waals surface area contributed by atoms with E-state index in [4.69, 9.17) is 19.0 Å². The Balaban J connectivity index is 1.90. The van der Waals surface area contributed by atoms with E-state index >= 15 is 0 Å². The lowest BCUT2D eigenvalue weighted by Crippen LogP contribution is -2.41. The Bertz CT molecular complexity index is 981. The first-order chi connectivity index (χ1) is 11.3. The van der Waals surface area contributed by atoms with E-state index in [1.807, 2.05) is 52.0 Å². The normalized spacial score (nSPS) is 19.0. The Kier molecular flexibility index (Phi) is 3.09. The molecule has 4 rings (SSSR count). The molecule has 0 N–H and O–H groups in total. The van der Waals surface area contributed by atoms with Crippen LogP contribution in [0.2, 0.25) is 0 Å². The van der Waals surface area contributed by atoms with Gasteiger partial charge < -0.3 is 13.7 Å². The van der Waals surface area contributed by atoms with E-state index in [0.29, 0.717) is 11.1 Å². The van der Waals surface area contributed by atoms with Crippen LogP contribution in [0, 0.1) is 11.3 Å². The van der Waals surface area contributed by atoms with E-state index in [1.165, 1.54) is 0 Å². The van der Waals surface area contributed by atoms with Crippen molar-refractivity contribution in [2.75, 3.05) is 0 Å². The zero-order valence-corrected chi connectivity index (χ0v) is 14.2. The minimum atomic E-state index is -0.477. The summed E-state index contributed by atoms with van der Waals surface area (Å²) in [7, 11) is -0.477.